The van der Waals surface area contributed by atoms with Crippen LogP contribution in [-0.2, 0) is 47.7 Å². The summed E-state index contributed by atoms with van der Waals surface area (Å²) in [6, 6.07) is 5.43. The van der Waals surface area contributed by atoms with Gasteiger partial charge in [0.2, 0.25) is 0 Å². The predicted octanol–water partition coefficient (Wildman–Crippen LogP) is 1.88. The Balaban J connectivity index is 2.03. The Hall–Kier alpha value is -3.89. The molecule has 214 valence electrons. The summed E-state index contributed by atoms with van der Waals surface area (Å²) >= 11 is 6.31. The van der Waals surface area contributed by atoms with E-state index in [2.05, 4.69) is 0 Å². The number of hydrogen-bond acceptors (Lipinski definition) is 14. The summed E-state index contributed by atoms with van der Waals surface area (Å²) in [7, 11) is 0. The highest BCUT2D eigenvalue weighted by atomic mass is 32.2. The number of amides is 1. The molecule has 40 heavy (non-hydrogen) atoms. The maximum Gasteiger partial charge on any atom is 0.303 e. The lowest BCUT2D eigenvalue weighted by atomic mass is 9.96. The first kappa shape index (κ1) is 30.6. The van der Waals surface area contributed by atoms with Gasteiger partial charge in [0.25, 0.3) is 11.6 Å². The van der Waals surface area contributed by atoms with Crippen LogP contribution in [-0.4, -0.2) is 81.2 Å². The van der Waals surface area contributed by atoms with E-state index < -0.39 is 72.0 Å². The molecule has 2 aliphatic rings. The summed E-state index contributed by atoms with van der Waals surface area (Å²) in [5, 5.41) is 10.9. The molecule has 14 nitrogen and oxygen atoms in total. The number of carbonyl (C=O) groups is 5. The second-order valence-corrected chi connectivity index (χ2v) is 10.2. The molecule has 2 saturated heterocycles. The van der Waals surface area contributed by atoms with Crippen LogP contribution in [0.3, 0.4) is 0 Å². The number of nitro groups is 1. The lowest BCUT2D eigenvalue weighted by Gasteiger charge is -2.46. The van der Waals surface area contributed by atoms with Crippen molar-refractivity contribution in [2.24, 2.45) is 0 Å². The minimum atomic E-state index is -1.51. The van der Waals surface area contributed by atoms with Crippen molar-refractivity contribution in [1.29, 1.82) is 0 Å². The summed E-state index contributed by atoms with van der Waals surface area (Å²) in [5.41, 5.74) is 0.329. The number of ether oxygens (including phenoxy) is 5. The van der Waals surface area contributed by atoms with Crippen molar-refractivity contribution in [3.63, 3.8) is 0 Å². The van der Waals surface area contributed by atoms with Gasteiger partial charge in [0, 0.05) is 39.8 Å². The quantitative estimate of drug-likeness (QED) is 0.106. The molecule has 2 aliphatic heterocycles. The molecule has 1 aromatic rings. The van der Waals surface area contributed by atoms with Gasteiger partial charge >= 0.3 is 23.9 Å². The Morgan fingerprint density at radius 2 is 1.52 bits per heavy atom. The van der Waals surface area contributed by atoms with E-state index in [1.165, 1.54) is 30.3 Å². The van der Waals surface area contributed by atoms with Gasteiger partial charge in [0.1, 0.15) is 12.7 Å². The fourth-order valence-corrected chi connectivity index (χ4v) is 5.27. The van der Waals surface area contributed by atoms with Crippen LogP contribution in [0.25, 0.3) is 6.08 Å². The van der Waals surface area contributed by atoms with Gasteiger partial charge in [-0.05, 0) is 23.8 Å². The van der Waals surface area contributed by atoms with E-state index in [1.54, 1.807) is 0 Å². The molecule has 0 radical (unpaired) electrons. The summed E-state index contributed by atoms with van der Waals surface area (Å²) in [6.07, 6.45) is -5.69. The summed E-state index contributed by atoms with van der Waals surface area (Å²) in [6.45, 7) is 3.91. The molecule has 0 unspecified atom stereocenters. The van der Waals surface area contributed by atoms with Gasteiger partial charge in [0.15, 0.2) is 28.9 Å². The third kappa shape index (κ3) is 7.40. The Bertz CT molecular complexity index is 1260. The number of esters is 4. The maximum absolute atomic E-state index is 13.5. The smallest absolute Gasteiger partial charge is 0.303 e. The number of nitro benzene ring substituents is 1. The number of benzene rings is 1. The third-order valence-corrected chi connectivity index (χ3v) is 6.78. The highest BCUT2D eigenvalue weighted by Crippen LogP contribution is 2.39. The largest absolute Gasteiger partial charge is 0.463 e. The van der Waals surface area contributed by atoms with Gasteiger partial charge in [-0.3, -0.25) is 39.0 Å². The number of rotatable bonds is 8. The van der Waals surface area contributed by atoms with Crippen molar-refractivity contribution in [1.82, 2.24) is 4.90 Å². The summed E-state index contributed by atoms with van der Waals surface area (Å²) in [5.74, 6) is -3.81. The average Bonchev–Trinajstić information content (AvgIpc) is 3.12. The van der Waals surface area contributed by atoms with Crippen molar-refractivity contribution >= 4 is 69.8 Å². The summed E-state index contributed by atoms with van der Waals surface area (Å²) in [4.78, 5) is 72.6. The van der Waals surface area contributed by atoms with Crippen molar-refractivity contribution in [2.45, 2.75) is 58.3 Å². The van der Waals surface area contributed by atoms with Gasteiger partial charge in [-0.25, -0.2) is 0 Å². The average molecular weight is 597 g/mol. The number of hydrogen-bond donors (Lipinski definition) is 0. The normalized spacial score (nSPS) is 25.4. The van der Waals surface area contributed by atoms with Crippen LogP contribution >= 0.6 is 24.0 Å². The molecule has 1 aromatic carbocycles. The first-order valence-electron chi connectivity index (χ1n) is 11.6. The van der Waals surface area contributed by atoms with E-state index in [0.717, 1.165) is 44.4 Å². The standard InChI is InChI=1S/C24H24N2O12S2/c1-11(27)34-10-17-19(35-12(2)28)20(36-13(3)29)21(37-14(4)30)23(38-17)25-22(31)18(40-24(25)39)9-15-5-7-16(8-6-15)26(32)33/h5-9,17,19-21,23H,10H2,1-4H3/b18-9+/t17-,19-,20-,21-,23+/m0/s1. The molecule has 0 spiro atoms. The molecule has 0 saturated carbocycles. The van der Waals surface area contributed by atoms with Gasteiger partial charge in [0.05, 0.1) is 9.83 Å². The fraction of sp³-hybridized carbons (Fsp3) is 0.417. The number of nitrogens with zero attached hydrogens (tertiary/aromatic N) is 2. The molecule has 1 amide bonds. The maximum atomic E-state index is 13.5. The van der Waals surface area contributed by atoms with Crippen molar-refractivity contribution < 1.29 is 52.6 Å². The van der Waals surface area contributed by atoms with E-state index in [9.17, 15) is 34.1 Å². The highest BCUT2D eigenvalue weighted by Gasteiger charge is 2.56. The highest BCUT2D eigenvalue weighted by molar-refractivity contribution is 8.26. The Kier molecular flexibility index (Phi) is 9.94. The van der Waals surface area contributed by atoms with E-state index in [4.69, 9.17) is 35.9 Å². The van der Waals surface area contributed by atoms with Crippen molar-refractivity contribution in [2.75, 3.05) is 6.61 Å². The monoisotopic (exact) mass is 596 g/mol. The lowest BCUT2D eigenvalue weighted by molar-refractivity contribution is -0.384. The molecule has 5 atom stereocenters. The lowest BCUT2D eigenvalue weighted by Crippen LogP contribution is -2.66. The molecular formula is C24H24N2O12S2. The summed E-state index contributed by atoms with van der Waals surface area (Å²) < 4.78 is 27.2. The predicted molar refractivity (Wildman–Crippen MR) is 140 cm³/mol. The Morgan fingerprint density at radius 3 is 2.05 bits per heavy atom. The molecule has 2 heterocycles. The zero-order valence-electron chi connectivity index (χ0n) is 21.6. The van der Waals surface area contributed by atoms with Crippen molar-refractivity contribution in [3.05, 3.63) is 44.8 Å². The van der Waals surface area contributed by atoms with Crippen LogP contribution in [0.5, 0.6) is 0 Å². The van der Waals surface area contributed by atoms with Crippen LogP contribution in [0, 0.1) is 10.1 Å². The first-order valence-corrected chi connectivity index (χ1v) is 12.8. The first-order chi connectivity index (χ1) is 18.8. The van der Waals surface area contributed by atoms with Gasteiger partial charge in [-0.15, -0.1) is 0 Å². The molecule has 3 rings (SSSR count). The van der Waals surface area contributed by atoms with Crippen LogP contribution in [0.2, 0.25) is 0 Å². The molecule has 0 aromatic heterocycles. The molecule has 2 fully saturated rings. The number of thioether (sulfide) groups is 1. The van der Waals surface area contributed by atoms with Crippen molar-refractivity contribution in [3.8, 4) is 0 Å². The van der Waals surface area contributed by atoms with E-state index in [-0.39, 0.29) is 14.9 Å². The second-order valence-electron chi connectivity index (χ2n) is 8.49. The van der Waals surface area contributed by atoms with Gasteiger partial charge in [-0.2, -0.15) is 0 Å². The fourth-order valence-electron chi connectivity index (χ4n) is 3.96. The third-order valence-electron chi connectivity index (χ3n) is 5.45. The number of thiocarbonyl (C=S) groups is 1. The minimum Gasteiger partial charge on any atom is -0.463 e. The van der Waals surface area contributed by atoms with Crippen LogP contribution in [0.1, 0.15) is 33.3 Å². The zero-order chi connectivity index (χ0) is 29.7. The topological polar surface area (TPSA) is 178 Å². The SMILES string of the molecule is CC(=O)OC[C@@H]1O[C@@H](N2C(=O)/C(=C\c3ccc([N+](=O)[O-])cc3)SC2=S)[C@@H](OC(C)=O)[C@@H](OC(C)=O)[C@H]1OC(C)=O. The van der Waals surface area contributed by atoms with Crippen LogP contribution in [0.4, 0.5) is 5.69 Å². The molecule has 0 bridgehead atoms. The van der Waals surface area contributed by atoms with Crippen LogP contribution in [0.15, 0.2) is 29.2 Å². The Morgan fingerprint density at radius 1 is 0.975 bits per heavy atom. The van der Waals surface area contributed by atoms with E-state index in [0.29, 0.717) is 5.56 Å². The van der Waals surface area contributed by atoms with Gasteiger partial charge in [-0.1, -0.05) is 24.0 Å². The number of carbonyl (C=O) groups excluding carboxylic acids is 5. The molecule has 0 aliphatic carbocycles. The van der Waals surface area contributed by atoms with Gasteiger partial charge < -0.3 is 23.7 Å². The minimum absolute atomic E-state index is 0.0148. The Labute approximate surface area is 237 Å². The zero-order valence-corrected chi connectivity index (χ0v) is 23.2. The van der Waals surface area contributed by atoms with Crippen LogP contribution < -0.4 is 0 Å². The molecule has 0 N–H and O–H groups in total. The molecular weight excluding hydrogens is 572 g/mol. The number of non-ortho nitro benzene ring substituents is 1. The van der Waals surface area contributed by atoms with E-state index in [1.807, 2.05) is 0 Å². The molecule has 16 heteroatoms. The van der Waals surface area contributed by atoms with E-state index >= 15 is 0 Å². The second kappa shape index (κ2) is 13.0.